The number of alkyl halides is 3. The molecule has 0 aliphatic carbocycles. The molecule has 0 fully saturated rings. The number of rotatable bonds is 1. The quantitative estimate of drug-likeness (QED) is 0.731. The van der Waals surface area contributed by atoms with Crippen molar-refractivity contribution < 1.29 is 13.2 Å². The third kappa shape index (κ3) is 2.22. The topological polar surface area (TPSA) is 37.8 Å². The van der Waals surface area contributed by atoms with Crippen LogP contribution in [0.5, 0.6) is 0 Å². The van der Waals surface area contributed by atoms with E-state index in [1.165, 1.54) is 10.6 Å². The van der Waals surface area contributed by atoms with Gasteiger partial charge in [0.1, 0.15) is 5.52 Å². The Morgan fingerprint density at radius 2 is 1.95 bits per heavy atom. The highest BCUT2D eigenvalue weighted by molar-refractivity contribution is 5.94. The standard InChI is InChI=1S/C15H11F3N2O/c1-20-8-12(11-5-6-19-13(11)14(20)21)9-3-2-4-10(7-9)15(16,17)18/h2-8,19H,1H3. The molecule has 21 heavy (non-hydrogen) atoms. The number of aryl methyl sites for hydroxylation is 1. The smallest absolute Gasteiger partial charge is 0.357 e. The zero-order valence-electron chi connectivity index (χ0n) is 11.0. The second-order valence-electron chi connectivity index (χ2n) is 4.80. The van der Waals surface area contributed by atoms with Gasteiger partial charge in [0.25, 0.3) is 5.56 Å². The Morgan fingerprint density at radius 3 is 2.67 bits per heavy atom. The highest BCUT2D eigenvalue weighted by Gasteiger charge is 2.30. The summed E-state index contributed by atoms with van der Waals surface area (Å²) in [5.74, 6) is 0. The Bertz CT molecular complexity index is 874. The molecule has 0 bridgehead atoms. The maximum absolute atomic E-state index is 12.8. The number of H-pyrrole nitrogens is 1. The minimum absolute atomic E-state index is 0.217. The number of pyridine rings is 1. The number of nitrogens with zero attached hydrogens (tertiary/aromatic N) is 1. The van der Waals surface area contributed by atoms with E-state index in [0.717, 1.165) is 12.1 Å². The van der Waals surface area contributed by atoms with Crippen LogP contribution in [-0.2, 0) is 13.2 Å². The van der Waals surface area contributed by atoms with E-state index >= 15 is 0 Å². The summed E-state index contributed by atoms with van der Waals surface area (Å²) in [5.41, 5.74) is 0.458. The molecule has 6 heteroatoms. The zero-order valence-corrected chi connectivity index (χ0v) is 11.0. The molecule has 0 radical (unpaired) electrons. The number of hydrogen-bond donors (Lipinski definition) is 1. The Morgan fingerprint density at radius 1 is 1.19 bits per heavy atom. The molecule has 0 aliphatic rings. The number of nitrogens with one attached hydrogen (secondary N) is 1. The highest BCUT2D eigenvalue weighted by Crippen LogP contribution is 2.33. The number of fused-ring (bicyclic) bond motifs is 1. The number of hydrogen-bond acceptors (Lipinski definition) is 1. The predicted octanol–water partition coefficient (Wildman–Crippen LogP) is 3.55. The van der Waals surface area contributed by atoms with E-state index in [9.17, 15) is 18.0 Å². The van der Waals surface area contributed by atoms with Gasteiger partial charge in [0, 0.05) is 30.4 Å². The van der Waals surface area contributed by atoms with Gasteiger partial charge in [-0.3, -0.25) is 4.79 Å². The van der Waals surface area contributed by atoms with Crippen molar-refractivity contribution in [1.29, 1.82) is 0 Å². The van der Waals surface area contributed by atoms with Crippen LogP contribution in [-0.4, -0.2) is 9.55 Å². The molecule has 1 aromatic carbocycles. The fourth-order valence-electron chi connectivity index (χ4n) is 2.36. The average Bonchev–Trinajstić information content (AvgIpc) is 2.91. The second kappa shape index (κ2) is 4.51. The lowest BCUT2D eigenvalue weighted by Crippen LogP contribution is -2.16. The first kappa shape index (κ1) is 13.5. The molecule has 0 amide bonds. The predicted molar refractivity (Wildman–Crippen MR) is 74.0 cm³/mol. The van der Waals surface area contributed by atoms with Gasteiger partial charge in [-0.25, -0.2) is 0 Å². The van der Waals surface area contributed by atoms with Crippen molar-refractivity contribution in [2.45, 2.75) is 6.18 Å². The summed E-state index contributed by atoms with van der Waals surface area (Å²) in [6.07, 6.45) is -1.24. The molecular formula is C15H11F3N2O. The molecule has 3 rings (SSSR count). The lowest BCUT2D eigenvalue weighted by molar-refractivity contribution is -0.137. The molecule has 0 atom stereocenters. The number of aromatic amines is 1. The number of benzene rings is 1. The number of halogens is 3. The van der Waals surface area contributed by atoms with E-state index in [4.69, 9.17) is 0 Å². The van der Waals surface area contributed by atoms with Crippen molar-refractivity contribution in [2.24, 2.45) is 7.05 Å². The first-order valence-corrected chi connectivity index (χ1v) is 6.22. The highest BCUT2D eigenvalue weighted by atomic mass is 19.4. The lowest BCUT2D eigenvalue weighted by Gasteiger charge is -2.10. The molecule has 0 saturated carbocycles. The Hall–Kier alpha value is -2.50. The van der Waals surface area contributed by atoms with E-state index in [1.54, 1.807) is 31.6 Å². The van der Waals surface area contributed by atoms with Crippen molar-refractivity contribution in [3.05, 3.63) is 58.6 Å². The summed E-state index contributed by atoms with van der Waals surface area (Å²) >= 11 is 0. The van der Waals surface area contributed by atoms with E-state index in [0.29, 0.717) is 22.0 Å². The maximum Gasteiger partial charge on any atom is 0.416 e. The van der Waals surface area contributed by atoms with Gasteiger partial charge in [-0.15, -0.1) is 0 Å². The summed E-state index contributed by atoms with van der Waals surface area (Å²) in [6.45, 7) is 0. The van der Waals surface area contributed by atoms with Crippen LogP contribution in [0, 0.1) is 0 Å². The number of aromatic nitrogens is 2. The van der Waals surface area contributed by atoms with E-state index in [-0.39, 0.29) is 5.56 Å². The van der Waals surface area contributed by atoms with Crippen molar-refractivity contribution in [2.75, 3.05) is 0 Å². The average molecular weight is 292 g/mol. The van der Waals surface area contributed by atoms with Crippen molar-refractivity contribution in [3.8, 4) is 11.1 Å². The second-order valence-corrected chi connectivity index (χ2v) is 4.80. The van der Waals surface area contributed by atoms with Gasteiger partial charge in [0.15, 0.2) is 0 Å². The first-order chi connectivity index (χ1) is 9.88. The molecule has 3 aromatic rings. The van der Waals surface area contributed by atoms with Crippen LogP contribution < -0.4 is 5.56 Å². The lowest BCUT2D eigenvalue weighted by atomic mass is 10.0. The van der Waals surface area contributed by atoms with Crippen molar-refractivity contribution in [3.63, 3.8) is 0 Å². The van der Waals surface area contributed by atoms with Gasteiger partial charge in [-0.2, -0.15) is 13.2 Å². The molecular weight excluding hydrogens is 281 g/mol. The Labute approximate surface area is 117 Å². The van der Waals surface area contributed by atoms with Crippen LogP contribution in [0.25, 0.3) is 22.0 Å². The van der Waals surface area contributed by atoms with Gasteiger partial charge < -0.3 is 9.55 Å². The summed E-state index contributed by atoms with van der Waals surface area (Å²) in [4.78, 5) is 14.8. The largest absolute Gasteiger partial charge is 0.416 e. The SMILES string of the molecule is Cn1cc(-c2cccc(C(F)(F)F)c2)c2cc[nH]c2c1=O. The van der Waals surface area contributed by atoms with Crippen LogP contribution in [0.3, 0.4) is 0 Å². The molecule has 108 valence electrons. The zero-order chi connectivity index (χ0) is 15.2. The molecule has 0 spiro atoms. The summed E-state index contributed by atoms with van der Waals surface area (Å²) in [5, 5.41) is 0.609. The third-order valence-corrected chi connectivity index (χ3v) is 3.40. The van der Waals surface area contributed by atoms with Gasteiger partial charge >= 0.3 is 6.18 Å². The first-order valence-electron chi connectivity index (χ1n) is 6.22. The van der Waals surface area contributed by atoms with Crippen LogP contribution in [0.2, 0.25) is 0 Å². The monoisotopic (exact) mass is 292 g/mol. The van der Waals surface area contributed by atoms with Crippen LogP contribution in [0.4, 0.5) is 13.2 Å². The van der Waals surface area contributed by atoms with Crippen LogP contribution in [0.15, 0.2) is 47.5 Å². The van der Waals surface area contributed by atoms with Gasteiger partial charge in [-0.05, 0) is 23.8 Å². The third-order valence-electron chi connectivity index (χ3n) is 3.40. The van der Waals surface area contributed by atoms with Gasteiger partial charge in [-0.1, -0.05) is 12.1 Å². The molecule has 0 aliphatic heterocycles. The van der Waals surface area contributed by atoms with Gasteiger partial charge in [0.05, 0.1) is 5.56 Å². The molecule has 1 N–H and O–H groups in total. The molecule has 2 heterocycles. The summed E-state index contributed by atoms with van der Waals surface area (Å²) in [6, 6.07) is 6.77. The van der Waals surface area contributed by atoms with E-state index < -0.39 is 11.7 Å². The van der Waals surface area contributed by atoms with E-state index in [1.807, 2.05) is 0 Å². The maximum atomic E-state index is 12.8. The Balaban J connectivity index is 2.29. The fraction of sp³-hybridized carbons (Fsp3) is 0.133. The fourth-order valence-corrected chi connectivity index (χ4v) is 2.36. The van der Waals surface area contributed by atoms with Crippen molar-refractivity contribution in [1.82, 2.24) is 9.55 Å². The molecule has 2 aromatic heterocycles. The normalized spacial score (nSPS) is 12.0. The molecule has 0 saturated heterocycles. The minimum atomic E-state index is -4.39. The Kier molecular flexibility index (Phi) is 2.90. The molecule has 0 unspecified atom stereocenters. The minimum Gasteiger partial charge on any atom is -0.357 e. The van der Waals surface area contributed by atoms with Gasteiger partial charge in [0.2, 0.25) is 0 Å². The van der Waals surface area contributed by atoms with E-state index in [2.05, 4.69) is 4.98 Å². The van der Waals surface area contributed by atoms with Crippen LogP contribution in [0.1, 0.15) is 5.56 Å². The summed E-state index contributed by atoms with van der Waals surface area (Å²) < 4.78 is 39.8. The van der Waals surface area contributed by atoms with Crippen molar-refractivity contribution >= 4 is 10.9 Å². The summed E-state index contributed by atoms with van der Waals surface area (Å²) in [7, 11) is 1.57. The van der Waals surface area contributed by atoms with Crippen LogP contribution >= 0.6 is 0 Å². The molecule has 3 nitrogen and oxygen atoms in total.